The third kappa shape index (κ3) is 3.86. The first-order valence-corrected chi connectivity index (χ1v) is 6.10. The van der Waals surface area contributed by atoms with E-state index in [1.165, 1.54) is 0 Å². The molecule has 0 bridgehead atoms. The Hall–Kier alpha value is -1.01. The van der Waals surface area contributed by atoms with Gasteiger partial charge in [0, 0.05) is 13.0 Å². The first-order chi connectivity index (χ1) is 7.79. The first kappa shape index (κ1) is 13.1. The van der Waals surface area contributed by atoms with E-state index in [2.05, 4.69) is 12.8 Å². The Labute approximate surface area is 98.1 Å². The number of ether oxygens (including phenoxy) is 1. The molecular weight excluding hydrogens is 202 g/mol. The topological polar surface area (TPSA) is 29.5 Å². The van der Waals surface area contributed by atoms with Crippen LogP contribution in [0.4, 0.5) is 0 Å². The van der Waals surface area contributed by atoms with Gasteiger partial charge in [-0.3, -0.25) is 4.79 Å². The molecule has 1 atom stereocenters. The smallest absolute Gasteiger partial charge is 0.222 e. The lowest BCUT2D eigenvalue weighted by molar-refractivity contribution is -0.133. The van der Waals surface area contributed by atoms with Crippen LogP contribution in [-0.2, 0) is 9.53 Å². The maximum Gasteiger partial charge on any atom is 0.222 e. The van der Waals surface area contributed by atoms with E-state index >= 15 is 0 Å². The van der Waals surface area contributed by atoms with Crippen molar-refractivity contribution in [3.05, 3.63) is 0 Å². The number of unbranched alkanes of at least 4 members (excludes halogenated alkanes) is 1. The molecule has 0 radical (unpaired) electrons. The SMILES string of the molecule is C#CCOCC1CCCN1C(=O)CCCC. The van der Waals surface area contributed by atoms with Crippen molar-refractivity contribution < 1.29 is 9.53 Å². The Morgan fingerprint density at radius 1 is 1.62 bits per heavy atom. The third-order valence-corrected chi connectivity index (χ3v) is 2.94. The quantitative estimate of drug-likeness (QED) is 0.508. The third-order valence-electron chi connectivity index (χ3n) is 2.94. The number of rotatable bonds is 6. The van der Waals surface area contributed by atoms with Gasteiger partial charge in [0.15, 0.2) is 0 Å². The summed E-state index contributed by atoms with van der Waals surface area (Å²) in [6.07, 6.45) is 9.96. The molecule has 1 amide bonds. The number of likely N-dealkylation sites (tertiary alicyclic amines) is 1. The molecule has 0 spiro atoms. The molecule has 1 rings (SSSR count). The number of carbonyl (C=O) groups excluding carboxylic acids is 1. The summed E-state index contributed by atoms with van der Waals surface area (Å²) >= 11 is 0. The molecule has 1 saturated heterocycles. The fourth-order valence-corrected chi connectivity index (χ4v) is 2.06. The van der Waals surface area contributed by atoms with Crippen LogP contribution in [0.3, 0.4) is 0 Å². The maximum absolute atomic E-state index is 11.9. The van der Waals surface area contributed by atoms with Crippen molar-refractivity contribution in [2.45, 2.75) is 45.1 Å². The molecule has 0 aromatic rings. The summed E-state index contributed by atoms with van der Waals surface area (Å²) < 4.78 is 5.32. The van der Waals surface area contributed by atoms with Crippen LogP contribution in [0.1, 0.15) is 39.0 Å². The fraction of sp³-hybridized carbons (Fsp3) is 0.769. The second kappa shape index (κ2) is 7.29. The fourth-order valence-electron chi connectivity index (χ4n) is 2.06. The molecule has 1 fully saturated rings. The molecule has 1 aliphatic heterocycles. The molecule has 0 aromatic heterocycles. The van der Waals surface area contributed by atoms with Crippen molar-refractivity contribution in [2.75, 3.05) is 19.8 Å². The average molecular weight is 223 g/mol. The number of carbonyl (C=O) groups is 1. The Morgan fingerprint density at radius 3 is 3.12 bits per heavy atom. The first-order valence-electron chi connectivity index (χ1n) is 6.10. The van der Waals surface area contributed by atoms with Crippen LogP contribution in [0.15, 0.2) is 0 Å². The zero-order valence-electron chi connectivity index (χ0n) is 10.1. The summed E-state index contributed by atoms with van der Waals surface area (Å²) in [7, 11) is 0. The Balaban J connectivity index is 2.33. The molecule has 0 saturated carbocycles. The van der Waals surface area contributed by atoms with E-state index in [1.807, 2.05) is 4.90 Å². The largest absolute Gasteiger partial charge is 0.367 e. The van der Waals surface area contributed by atoms with Gasteiger partial charge in [0.25, 0.3) is 0 Å². The molecule has 1 unspecified atom stereocenters. The van der Waals surface area contributed by atoms with E-state index < -0.39 is 0 Å². The van der Waals surface area contributed by atoms with E-state index in [1.54, 1.807) is 0 Å². The van der Waals surface area contributed by atoms with Crippen LogP contribution in [-0.4, -0.2) is 36.6 Å². The predicted molar refractivity (Wildman–Crippen MR) is 63.9 cm³/mol. The summed E-state index contributed by atoms with van der Waals surface area (Å²) in [6, 6.07) is 0.248. The van der Waals surface area contributed by atoms with Gasteiger partial charge < -0.3 is 9.64 Å². The Bertz CT molecular complexity index is 257. The molecule has 0 N–H and O–H groups in total. The minimum absolute atomic E-state index is 0.248. The molecule has 0 aliphatic carbocycles. The lowest BCUT2D eigenvalue weighted by Gasteiger charge is -2.24. The van der Waals surface area contributed by atoms with Gasteiger partial charge in [-0.2, -0.15) is 0 Å². The van der Waals surface area contributed by atoms with Crippen molar-refractivity contribution in [3.8, 4) is 12.3 Å². The molecule has 3 heteroatoms. The van der Waals surface area contributed by atoms with Crippen LogP contribution < -0.4 is 0 Å². The van der Waals surface area contributed by atoms with Crippen LogP contribution in [0.5, 0.6) is 0 Å². The van der Waals surface area contributed by atoms with Gasteiger partial charge in [0.1, 0.15) is 6.61 Å². The Kier molecular flexibility index (Phi) is 5.95. The second-order valence-electron chi connectivity index (χ2n) is 4.21. The van der Waals surface area contributed by atoms with Crippen molar-refractivity contribution in [3.63, 3.8) is 0 Å². The van der Waals surface area contributed by atoms with E-state index in [4.69, 9.17) is 11.2 Å². The number of amides is 1. The van der Waals surface area contributed by atoms with Crippen LogP contribution in [0.25, 0.3) is 0 Å². The van der Waals surface area contributed by atoms with Gasteiger partial charge in [-0.05, 0) is 19.3 Å². The molecule has 1 heterocycles. The highest BCUT2D eigenvalue weighted by molar-refractivity contribution is 5.76. The van der Waals surface area contributed by atoms with Gasteiger partial charge in [-0.1, -0.05) is 19.3 Å². The minimum atomic E-state index is 0.248. The average Bonchev–Trinajstić information content (AvgIpc) is 2.74. The van der Waals surface area contributed by atoms with Crippen molar-refractivity contribution in [1.82, 2.24) is 4.90 Å². The van der Waals surface area contributed by atoms with E-state index in [0.717, 1.165) is 32.2 Å². The van der Waals surface area contributed by atoms with E-state index in [9.17, 15) is 4.79 Å². The molecule has 90 valence electrons. The highest BCUT2D eigenvalue weighted by Gasteiger charge is 2.27. The summed E-state index contributed by atoms with van der Waals surface area (Å²) in [5, 5.41) is 0. The van der Waals surface area contributed by atoms with E-state index in [-0.39, 0.29) is 11.9 Å². The Morgan fingerprint density at radius 2 is 2.44 bits per heavy atom. The second-order valence-corrected chi connectivity index (χ2v) is 4.21. The van der Waals surface area contributed by atoms with Gasteiger partial charge in [0.2, 0.25) is 5.91 Å². The van der Waals surface area contributed by atoms with Gasteiger partial charge in [0.05, 0.1) is 12.6 Å². The summed E-state index contributed by atoms with van der Waals surface area (Å²) in [5.74, 6) is 2.72. The van der Waals surface area contributed by atoms with Gasteiger partial charge >= 0.3 is 0 Å². The van der Waals surface area contributed by atoms with E-state index in [0.29, 0.717) is 19.6 Å². The summed E-state index contributed by atoms with van der Waals surface area (Å²) in [6.45, 7) is 3.91. The van der Waals surface area contributed by atoms with Crippen molar-refractivity contribution >= 4 is 5.91 Å². The molecule has 16 heavy (non-hydrogen) atoms. The predicted octanol–water partition coefficient (Wildman–Crippen LogP) is 1.82. The molecule has 3 nitrogen and oxygen atoms in total. The highest BCUT2D eigenvalue weighted by Crippen LogP contribution is 2.19. The number of nitrogens with zero attached hydrogens (tertiary/aromatic N) is 1. The van der Waals surface area contributed by atoms with Crippen LogP contribution in [0, 0.1) is 12.3 Å². The number of hydrogen-bond donors (Lipinski definition) is 0. The summed E-state index contributed by atoms with van der Waals surface area (Å²) in [5.41, 5.74) is 0. The number of hydrogen-bond acceptors (Lipinski definition) is 2. The zero-order valence-corrected chi connectivity index (χ0v) is 10.1. The number of terminal acetylenes is 1. The normalized spacial score (nSPS) is 19.8. The lowest BCUT2D eigenvalue weighted by atomic mass is 10.2. The minimum Gasteiger partial charge on any atom is -0.367 e. The van der Waals surface area contributed by atoms with Crippen molar-refractivity contribution in [2.24, 2.45) is 0 Å². The molecular formula is C13H21NO2. The standard InChI is InChI=1S/C13H21NO2/c1-3-5-8-13(15)14-9-6-7-12(14)11-16-10-4-2/h2,12H,3,5-11H2,1H3. The monoisotopic (exact) mass is 223 g/mol. The van der Waals surface area contributed by atoms with Crippen molar-refractivity contribution in [1.29, 1.82) is 0 Å². The highest BCUT2D eigenvalue weighted by atomic mass is 16.5. The van der Waals surface area contributed by atoms with Gasteiger partial charge in [-0.15, -0.1) is 6.42 Å². The zero-order chi connectivity index (χ0) is 11.8. The van der Waals surface area contributed by atoms with Crippen LogP contribution >= 0.6 is 0 Å². The maximum atomic E-state index is 11.9. The lowest BCUT2D eigenvalue weighted by Crippen LogP contribution is -2.38. The molecule has 0 aromatic carbocycles. The van der Waals surface area contributed by atoms with Gasteiger partial charge in [-0.25, -0.2) is 0 Å². The summed E-state index contributed by atoms with van der Waals surface area (Å²) in [4.78, 5) is 13.8. The molecule has 1 aliphatic rings. The van der Waals surface area contributed by atoms with Crippen LogP contribution in [0.2, 0.25) is 0 Å².